The molecule has 2 heterocycles. The zero-order valence-corrected chi connectivity index (χ0v) is 10.6. The summed E-state index contributed by atoms with van der Waals surface area (Å²) in [5.74, 6) is 0. The van der Waals surface area contributed by atoms with Crippen molar-refractivity contribution >= 4 is 10.0 Å². The van der Waals surface area contributed by atoms with Crippen LogP contribution in [0.1, 0.15) is 11.4 Å². The molecule has 0 amide bonds. The van der Waals surface area contributed by atoms with E-state index in [1.807, 2.05) is 0 Å². The van der Waals surface area contributed by atoms with E-state index in [0.29, 0.717) is 5.69 Å². The lowest BCUT2D eigenvalue weighted by atomic mass is 10.4. The van der Waals surface area contributed by atoms with Gasteiger partial charge in [0.25, 0.3) is 0 Å². The van der Waals surface area contributed by atoms with E-state index in [1.54, 1.807) is 30.5 Å². The fraction of sp³-hybridized carbons (Fsp3) is 0.0833. The van der Waals surface area contributed by atoms with Gasteiger partial charge in [0.05, 0.1) is 12.2 Å². The predicted octanol–water partition coefficient (Wildman–Crippen LogP) is 0.827. The highest BCUT2D eigenvalue weighted by molar-refractivity contribution is 7.89. The van der Waals surface area contributed by atoms with Crippen molar-refractivity contribution in [1.29, 1.82) is 5.26 Å². The molecule has 2 aromatic heterocycles. The molecule has 0 aromatic carbocycles. The second-order valence-corrected chi connectivity index (χ2v) is 5.34. The summed E-state index contributed by atoms with van der Waals surface area (Å²) in [4.78, 5) is 7.60. The van der Waals surface area contributed by atoms with Crippen molar-refractivity contribution in [3.05, 3.63) is 54.1 Å². The number of aromatic nitrogens is 2. The van der Waals surface area contributed by atoms with Crippen LogP contribution in [-0.4, -0.2) is 18.4 Å². The lowest BCUT2D eigenvalue weighted by Gasteiger charge is -2.06. The number of hydrogen-bond donors (Lipinski definition) is 1. The summed E-state index contributed by atoms with van der Waals surface area (Å²) in [5, 5.41) is 8.85. The zero-order valence-electron chi connectivity index (χ0n) is 9.81. The third-order valence-electron chi connectivity index (χ3n) is 2.34. The number of nitrogens with zero attached hydrogens (tertiary/aromatic N) is 3. The van der Waals surface area contributed by atoms with E-state index in [-0.39, 0.29) is 17.1 Å². The third-order valence-corrected chi connectivity index (χ3v) is 3.77. The number of pyridine rings is 2. The summed E-state index contributed by atoms with van der Waals surface area (Å²) in [5.41, 5.74) is 0.462. The fourth-order valence-electron chi connectivity index (χ4n) is 1.44. The molecule has 2 rings (SSSR count). The van der Waals surface area contributed by atoms with Crippen LogP contribution >= 0.6 is 0 Å². The molecule has 0 unspecified atom stereocenters. The van der Waals surface area contributed by atoms with Gasteiger partial charge < -0.3 is 0 Å². The summed E-state index contributed by atoms with van der Waals surface area (Å²) >= 11 is 0. The lowest BCUT2D eigenvalue weighted by molar-refractivity contribution is 0.579. The van der Waals surface area contributed by atoms with Gasteiger partial charge in [0.1, 0.15) is 11.0 Å². The van der Waals surface area contributed by atoms with E-state index in [9.17, 15) is 8.42 Å². The maximum absolute atomic E-state index is 12.1. The Balaban J connectivity index is 2.22. The first kappa shape index (κ1) is 13.1. The first-order valence-electron chi connectivity index (χ1n) is 5.38. The van der Waals surface area contributed by atoms with Gasteiger partial charge in [0.15, 0.2) is 5.69 Å². The number of hydrogen-bond acceptors (Lipinski definition) is 5. The lowest BCUT2D eigenvalue weighted by Crippen LogP contribution is -2.24. The van der Waals surface area contributed by atoms with Gasteiger partial charge in [-0.15, -0.1) is 0 Å². The number of nitrogens with one attached hydrogen (secondary N) is 1. The molecule has 0 radical (unpaired) electrons. The number of nitriles is 1. The monoisotopic (exact) mass is 274 g/mol. The van der Waals surface area contributed by atoms with Gasteiger partial charge in [0, 0.05) is 12.4 Å². The molecule has 0 aliphatic heterocycles. The van der Waals surface area contributed by atoms with Gasteiger partial charge in [-0.2, -0.15) is 5.26 Å². The second-order valence-electron chi connectivity index (χ2n) is 3.61. The van der Waals surface area contributed by atoms with Gasteiger partial charge in [-0.05, 0) is 24.3 Å². The molecule has 0 atom stereocenters. The topological polar surface area (TPSA) is 95.7 Å². The van der Waals surface area contributed by atoms with E-state index < -0.39 is 10.0 Å². The van der Waals surface area contributed by atoms with E-state index in [1.165, 1.54) is 18.3 Å². The van der Waals surface area contributed by atoms with Gasteiger partial charge >= 0.3 is 0 Å². The molecular formula is C12H10N4O2S. The van der Waals surface area contributed by atoms with Crippen LogP contribution in [0.15, 0.2) is 47.6 Å². The molecule has 1 N–H and O–H groups in total. The zero-order chi connectivity index (χ0) is 13.7. The standard InChI is InChI=1S/C12H10N4O2S/c13-8-11-12(5-3-7-15-11)19(17,18)16-9-10-4-1-2-6-14-10/h1-7,16H,9H2. The van der Waals surface area contributed by atoms with E-state index in [0.717, 1.165) is 0 Å². The summed E-state index contributed by atoms with van der Waals surface area (Å²) in [6.07, 6.45) is 2.95. The van der Waals surface area contributed by atoms with Crippen LogP contribution in [0.2, 0.25) is 0 Å². The van der Waals surface area contributed by atoms with Crippen LogP contribution in [0.3, 0.4) is 0 Å². The van der Waals surface area contributed by atoms with E-state index in [4.69, 9.17) is 5.26 Å². The van der Waals surface area contributed by atoms with Crippen molar-refractivity contribution in [3.8, 4) is 6.07 Å². The van der Waals surface area contributed by atoms with Crippen LogP contribution in [0.4, 0.5) is 0 Å². The average Bonchev–Trinajstić information content (AvgIpc) is 2.46. The highest BCUT2D eigenvalue weighted by Crippen LogP contribution is 2.12. The van der Waals surface area contributed by atoms with Gasteiger partial charge in [-0.25, -0.2) is 18.1 Å². The maximum atomic E-state index is 12.1. The molecule has 2 aromatic rings. The highest BCUT2D eigenvalue weighted by atomic mass is 32.2. The third kappa shape index (κ3) is 3.13. The van der Waals surface area contributed by atoms with Gasteiger partial charge in [-0.3, -0.25) is 4.98 Å². The Bertz CT molecular complexity index is 708. The Hall–Kier alpha value is -2.30. The first-order chi connectivity index (χ1) is 9.13. The van der Waals surface area contributed by atoms with E-state index >= 15 is 0 Å². The van der Waals surface area contributed by atoms with Gasteiger partial charge in [0.2, 0.25) is 10.0 Å². The minimum absolute atomic E-state index is 0.0585. The van der Waals surface area contributed by atoms with E-state index in [2.05, 4.69) is 14.7 Å². The molecule has 0 bridgehead atoms. The van der Waals surface area contributed by atoms with Crippen molar-refractivity contribution in [1.82, 2.24) is 14.7 Å². The molecular weight excluding hydrogens is 264 g/mol. The normalized spacial score (nSPS) is 10.9. The number of rotatable bonds is 4. The van der Waals surface area contributed by atoms with Crippen molar-refractivity contribution in [3.63, 3.8) is 0 Å². The molecule has 6 nitrogen and oxygen atoms in total. The molecule has 0 saturated heterocycles. The van der Waals surface area contributed by atoms with Crippen molar-refractivity contribution < 1.29 is 8.42 Å². The summed E-state index contributed by atoms with van der Waals surface area (Å²) in [6, 6.07) is 9.78. The van der Waals surface area contributed by atoms with Gasteiger partial charge in [-0.1, -0.05) is 6.07 Å². The first-order valence-corrected chi connectivity index (χ1v) is 6.86. The quantitative estimate of drug-likeness (QED) is 0.890. The Morgan fingerprint density at radius 2 is 1.95 bits per heavy atom. The predicted molar refractivity (Wildman–Crippen MR) is 67.2 cm³/mol. The molecule has 96 valence electrons. The maximum Gasteiger partial charge on any atom is 0.243 e. The summed E-state index contributed by atoms with van der Waals surface area (Å²) < 4.78 is 26.5. The average molecular weight is 274 g/mol. The van der Waals surface area contributed by atoms with Crippen molar-refractivity contribution in [2.45, 2.75) is 11.4 Å². The largest absolute Gasteiger partial charge is 0.260 e. The second kappa shape index (κ2) is 5.56. The van der Waals surface area contributed by atoms with Crippen molar-refractivity contribution in [2.75, 3.05) is 0 Å². The summed E-state index contributed by atoms with van der Waals surface area (Å²) in [6.45, 7) is 0.0585. The molecule has 0 spiro atoms. The van der Waals surface area contributed by atoms with Crippen LogP contribution in [0.25, 0.3) is 0 Å². The Morgan fingerprint density at radius 3 is 2.63 bits per heavy atom. The minimum Gasteiger partial charge on any atom is -0.260 e. The van der Waals surface area contributed by atoms with Crippen LogP contribution in [-0.2, 0) is 16.6 Å². The molecule has 19 heavy (non-hydrogen) atoms. The molecule has 7 heteroatoms. The minimum atomic E-state index is -3.78. The summed E-state index contributed by atoms with van der Waals surface area (Å²) in [7, 11) is -3.78. The Labute approximate surface area is 110 Å². The SMILES string of the molecule is N#Cc1ncccc1S(=O)(=O)NCc1ccccn1. The number of sulfonamides is 1. The molecule has 0 aliphatic rings. The van der Waals surface area contributed by atoms with Crippen LogP contribution < -0.4 is 4.72 Å². The Morgan fingerprint density at radius 1 is 1.16 bits per heavy atom. The molecule has 0 saturated carbocycles. The van der Waals surface area contributed by atoms with Crippen LogP contribution in [0.5, 0.6) is 0 Å². The van der Waals surface area contributed by atoms with Crippen LogP contribution in [0, 0.1) is 11.3 Å². The molecule has 0 aliphatic carbocycles. The fourth-order valence-corrected chi connectivity index (χ4v) is 2.54. The smallest absolute Gasteiger partial charge is 0.243 e. The molecule has 0 fully saturated rings. The highest BCUT2D eigenvalue weighted by Gasteiger charge is 2.18. The van der Waals surface area contributed by atoms with Crippen molar-refractivity contribution in [2.24, 2.45) is 0 Å². The Kier molecular flexibility index (Phi) is 3.85.